The Kier molecular flexibility index (Phi) is 4.46. The van der Waals surface area contributed by atoms with Crippen molar-refractivity contribution in [1.29, 1.82) is 5.26 Å². The number of halogens is 2. The Morgan fingerprint density at radius 1 is 1.38 bits per heavy atom. The highest BCUT2D eigenvalue weighted by Crippen LogP contribution is 2.20. The van der Waals surface area contributed by atoms with E-state index in [0.717, 1.165) is 12.1 Å². The third kappa shape index (κ3) is 3.06. The second kappa shape index (κ2) is 5.86. The van der Waals surface area contributed by atoms with Gasteiger partial charge in [-0.05, 0) is 25.5 Å². The minimum atomic E-state index is -0.739. The molecule has 1 aromatic rings. The lowest BCUT2D eigenvalue weighted by Gasteiger charge is -2.07. The van der Waals surface area contributed by atoms with Crippen molar-refractivity contribution in [3.8, 4) is 6.07 Å². The van der Waals surface area contributed by atoms with E-state index in [-0.39, 0.29) is 11.3 Å². The fraction of sp³-hybridized carbons (Fsp3) is 0.250. The Labute approximate surface area is 93.2 Å². The molecule has 0 aliphatic rings. The molecule has 1 rings (SSSR count). The Bertz CT molecular complexity index is 410. The predicted octanol–water partition coefficient (Wildman–Crippen LogP) is 3.21. The van der Waals surface area contributed by atoms with Gasteiger partial charge in [-0.2, -0.15) is 5.26 Å². The van der Waals surface area contributed by atoms with Crippen LogP contribution in [0.2, 0.25) is 0 Å². The van der Waals surface area contributed by atoms with Crippen LogP contribution in [0.15, 0.2) is 24.3 Å². The van der Waals surface area contributed by atoms with Crippen molar-refractivity contribution in [2.45, 2.75) is 13.3 Å². The van der Waals surface area contributed by atoms with E-state index in [1.54, 1.807) is 6.07 Å². The van der Waals surface area contributed by atoms with Crippen LogP contribution in [0.5, 0.6) is 0 Å². The van der Waals surface area contributed by atoms with E-state index < -0.39 is 11.6 Å². The summed E-state index contributed by atoms with van der Waals surface area (Å²) in [6.07, 6.45) is 4.45. The molecule has 0 radical (unpaired) electrons. The molecule has 0 bridgehead atoms. The monoisotopic (exact) mass is 222 g/mol. The third-order valence-electron chi connectivity index (χ3n) is 2.02. The standard InChI is InChI=1S/C12H12F2N2/c1-2-3-4-5-16-12-10(13)6-9(8-15)7-11(12)14/h2-3,6-7,16H,4-5H2,1H3/b3-2+. The van der Waals surface area contributed by atoms with Gasteiger partial charge in [0.15, 0.2) is 11.6 Å². The number of nitrogens with one attached hydrogen (secondary N) is 1. The normalized spacial score (nSPS) is 10.4. The molecule has 0 heterocycles. The SMILES string of the molecule is C/C=C/CCNc1c(F)cc(C#N)cc1F. The molecule has 0 unspecified atom stereocenters. The molecule has 0 aliphatic carbocycles. The minimum Gasteiger partial charge on any atom is -0.380 e. The van der Waals surface area contributed by atoms with E-state index in [0.29, 0.717) is 13.0 Å². The van der Waals surface area contributed by atoms with E-state index in [9.17, 15) is 8.78 Å². The zero-order chi connectivity index (χ0) is 12.0. The van der Waals surface area contributed by atoms with Crippen molar-refractivity contribution in [3.63, 3.8) is 0 Å². The molecule has 2 nitrogen and oxygen atoms in total. The fourth-order valence-electron chi connectivity index (χ4n) is 1.25. The fourth-order valence-corrected chi connectivity index (χ4v) is 1.25. The molecule has 84 valence electrons. The van der Waals surface area contributed by atoms with Crippen LogP contribution in [-0.2, 0) is 0 Å². The molecule has 0 amide bonds. The Balaban J connectivity index is 2.77. The molecule has 0 saturated heterocycles. The first-order valence-electron chi connectivity index (χ1n) is 4.93. The molecule has 4 heteroatoms. The number of nitrogens with zero attached hydrogens (tertiary/aromatic N) is 1. The lowest BCUT2D eigenvalue weighted by atomic mass is 10.2. The maximum absolute atomic E-state index is 13.3. The lowest BCUT2D eigenvalue weighted by Crippen LogP contribution is -2.05. The maximum atomic E-state index is 13.3. The molecule has 0 atom stereocenters. The Hall–Kier alpha value is -1.89. The largest absolute Gasteiger partial charge is 0.380 e. The molecule has 16 heavy (non-hydrogen) atoms. The third-order valence-corrected chi connectivity index (χ3v) is 2.02. The summed E-state index contributed by atoms with van der Waals surface area (Å²) >= 11 is 0. The number of rotatable bonds is 4. The van der Waals surface area contributed by atoms with Gasteiger partial charge in [0.25, 0.3) is 0 Å². The van der Waals surface area contributed by atoms with Crippen LogP contribution in [0.4, 0.5) is 14.5 Å². The van der Waals surface area contributed by atoms with Gasteiger partial charge in [-0.15, -0.1) is 0 Å². The molecule has 0 spiro atoms. The summed E-state index contributed by atoms with van der Waals surface area (Å²) in [4.78, 5) is 0. The molecule has 0 saturated carbocycles. The molecule has 0 fully saturated rings. The van der Waals surface area contributed by atoms with Crippen molar-refractivity contribution in [2.75, 3.05) is 11.9 Å². The van der Waals surface area contributed by atoms with Gasteiger partial charge in [-0.1, -0.05) is 12.2 Å². The van der Waals surface area contributed by atoms with Crippen molar-refractivity contribution in [1.82, 2.24) is 0 Å². The average molecular weight is 222 g/mol. The van der Waals surface area contributed by atoms with Gasteiger partial charge in [-0.3, -0.25) is 0 Å². The van der Waals surface area contributed by atoms with Gasteiger partial charge in [0.1, 0.15) is 5.69 Å². The highest BCUT2D eigenvalue weighted by atomic mass is 19.1. The van der Waals surface area contributed by atoms with Crippen LogP contribution in [0.3, 0.4) is 0 Å². The summed E-state index contributed by atoms with van der Waals surface area (Å²) in [6, 6.07) is 3.72. The zero-order valence-electron chi connectivity index (χ0n) is 8.93. The van der Waals surface area contributed by atoms with Gasteiger partial charge in [0.2, 0.25) is 0 Å². The van der Waals surface area contributed by atoms with Crippen LogP contribution in [-0.4, -0.2) is 6.54 Å². The van der Waals surface area contributed by atoms with Crippen molar-refractivity contribution in [3.05, 3.63) is 41.5 Å². The first-order chi connectivity index (χ1) is 7.69. The first kappa shape index (κ1) is 12.2. The van der Waals surface area contributed by atoms with E-state index in [1.165, 1.54) is 0 Å². The summed E-state index contributed by atoms with van der Waals surface area (Å²) in [5, 5.41) is 11.2. The van der Waals surface area contributed by atoms with Gasteiger partial charge < -0.3 is 5.32 Å². The van der Waals surface area contributed by atoms with E-state index in [2.05, 4.69) is 5.32 Å². The molecular formula is C12H12F2N2. The number of anilines is 1. The van der Waals surface area contributed by atoms with Crippen molar-refractivity contribution >= 4 is 5.69 Å². The lowest BCUT2D eigenvalue weighted by molar-refractivity contribution is 0.587. The summed E-state index contributed by atoms with van der Waals surface area (Å²) in [6.45, 7) is 2.33. The zero-order valence-corrected chi connectivity index (χ0v) is 8.93. The number of benzene rings is 1. The van der Waals surface area contributed by atoms with E-state index >= 15 is 0 Å². The summed E-state index contributed by atoms with van der Waals surface area (Å²) in [7, 11) is 0. The Morgan fingerprint density at radius 3 is 2.50 bits per heavy atom. The number of allylic oxidation sites excluding steroid dienone is 1. The second-order valence-electron chi connectivity index (χ2n) is 3.21. The quantitative estimate of drug-likeness (QED) is 0.627. The molecule has 1 aromatic carbocycles. The van der Waals surface area contributed by atoms with Gasteiger partial charge in [0.05, 0.1) is 11.6 Å². The van der Waals surface area contributed by atoms with Crippen LogP contribution in [0, 0.1) is 23.0 Å². The number of hydrogen-bond donors (Lipinski definition) is 1. The molecule has 1 N–H and O–H groups in total. The van der Waals surface area contributed by atoms with Crippen molar-refractivity contribution < 1.29 is 8.78 Å². The maximum Gasteiger partial charge on any atom is 0.150 e. The average Bonchev–Trinajstić information content (AvgIpc) is 2.26. The minimum absolute atomic E-state index is 0.0194. The van der Waals surface area contributed by atoms with Crippen LogP contribution in [0.1, 0.15) is 18.9 Å². The van der Waals surface area contributed by atoms with Crippen LogP contribution >= 0.6 is 0 Å². The topological polar surface area (TPSA) is 35.8 Å². The number of hydrogen-bond acceptors (Lipinski definition) is 2. The first-order valence-corrected chi connectivity index (χ1v) is 4.93. The van der Waals surface area contributed by atoms with Gasteiger partial charge in [-0.25, -0.2) is 8.78 Å². The van der Waals surface area contributed by atoms with E-state index in [4.69, 9.17) is 5.26 Å². The summed E-state index contributed by atoms with van der Waals surface area (Å²) in [5.74, 6) is -1.48. The van der Waals surface area contributed by atoms with Gasteiger partial charge in [0, 0.05) is 6.54 Å². The Morgan fingerprint density at radius 2 is 2.00 bits per heavy atom. The molecular weight excluding hydrogens is 210 g/mol. The van der Waals surface area contributed by atoms with Gasteiger partial charge >= 0.3 is 0 Å². The highest BCUT2D eigenvalue weighted by molar-refractivity contribution is 5.50. The number of nitriles is 1. The second-order valence-corrected chi connectivity index (χ2v) is 3.21. The molecule has 0 aromatic heterocycles. The van der Waals surface area contributed by atoms with Crippen LogP contribution in [0.25, 0.3) is 0 Å². The molecule has 0 aliphatic heterocycles. The van der Waals surface area contributed by atoms with Crippen LogP contribution < -0.4 is 5.32 Å². The predicted molar refractivity (Wildman–Crippen MR) is 59.0 cm³/mol. The van der Waals surface area contributed by atoms with E-state index in [1.807, 2.05) is 19.1 Å². The summed E-state index contributed by atoms with van der Waals surface area (Å²) in [5.41, 5.74) is -0.197. The smallest absolute Gasteiger partial charge is 0.150 e. The van der Waals surface area contributed by atoms with Crippen molar-refractivity contribution in [2.24, 2.45) is 0 Å². The highest BCUT2D eigenvalue weighted by Gasteiger charge is 2.09. The summed E-state index contributed by atoms with van der Waals surface area (Å²) < 4.78 is 26.7.